The lowest BCUT2D eigenvalue weighted by atomic mass is 10.0. The van der Waals surface area contributed by atoms with Gasteiger partial charge in [-0.25, -0.2) is 9.78 Å². The molecule has 30 heavy (non-hydrogen) atoms. The van der Waals surface area contributed by atoms with Crippen molar-refractivity contribution in [1.29, 1.82) is 0 Å². The summed E-state index contributed by atoms with van der Waals surface area (Å²) in [5, 5.41) is 5.23. The van der Waals surface area contributed by atoms with E-state index < -0.39 is 5.97 Å². The molecule has 6 nitrogen and oxygen atoms in total. The Kier molecular flexibility index (Phi) is 5.37. The number of aryl methyl sites for hydroxylation is 2. The maximum Gasteiger partial charge on any atom is 0.341 e. The normalized spacial score (nSPS) is 10.9. The number of aromatic nitrogens is 2. The quantitative estimate of drug-likeness (QED) is 0.456. The number of nitrogens with one attached hydrogen (secondary N) is 1. The molecule has 3 heterocycles. The lowest BCUT2D eigenvalue weighted by Crippen LogP contribution is -2.17. The average Bonchev–Trinajstić information content (AvgIpc) is 3.30. The number of nitrogens with zero attached hydrogens (tertiary/aromatic N) is 2. The molecule has 1 aromatic carbocycles. The van der Waals surface area contributed by atoms with Crippen molar-refractivity contribution >= 4 is 33.9 Å². The summed E-state index contributed by atoms with van der Waals surface area (Å²) in [4.78, 5) is 30.4. The first-order valence-electron chi connectivity index (χ1n) is 9.61. The molecule has 0 aliphatic heterocycles. The van der Waals surface area contributed by atoms with Gasteiger partial charge in [0.1, 0.15) is 21.9 Å². The number of amides is 1. The summed E-state index contributed by atoms with van der Waals surface area (Å²) >= 11 is 1.30. The molecule has 0 unspecified atom stereocenters. The zero-order valence-electron chi connectivity index (χ0n) is 16.9. The average molecular weight is 420 g/mol. The number of ether oxygens (including phenoxy) is 1. The van der Waals surface area contributed by atoms with E-state index in [1.54, 1.807) is 18.2 Å². The first-order chi connectivity index (χ1) is 14.5. The fourth-order valence-corrected chi connectivity index (χ4v) is 4.39. The highest BCUT2D eigenvalue weighted by Crippen LogP contribution is 2.36. The molecule has 0 spiro atoms. The summed E-state index contributed by atoms with van der Waals surface area (Å²) in [6.45, 7) is 5.77. The van der Waals surface area contributed by atoms with Gasteiger partial charge in [0.05, 0.1) is 12.3 Å². The molecule has 152 valence electrons. The first kappa shape index (κ1) is 19.8. The third kappa shape index (κ3) is 3.48. The Morgan fingerprint density at radius 2 is 1.90 bits per heavy atom. The summed E-state index contributed by atoms with van der Waals surface area (Å²) in [5.74, 6) is -0.781. The van der Waals surface area contributed by atoms with Crippen molar-refractivity contribution in [3.63, 3.8) is 0 Å². The molecule has 0 aliphatic carbocycles. The monoisotopic (exact) mass is 419 g/mol. The number of thiophene rings is 1. The topological polar surface area (TPSA) is 72.7 Å². The number of hydrogen-bond acceptors (Lipinski definition) is 5. The van der Waals surface area contributed by atoms with Crippen LogP contribution in [0.4, 0.5) is 5.00 Å². The first-order valence-corrected chi connectivity index (χ1v) is 10.5. The van der Waals surface area contributed by atoms with E-state index in [-0.39, 0.29) is 12.5 Å². The maximum atomic E-state index is 13.2. The third-order valence-corrected chi connectivity index (χ3v) is 5.71. The second-order valence-electron chi connectivity index (χ2n) is 6.82. The molecular formula is C23H21N3O3S. The summed E-state index contributed by atoms with van der Waals surface area (Å²) < 4.78 is 7.04. The van der Waals surface area contributed by atoms with Gasteiger partial charge in [0.2, 0.25) is 0 Å². The van der Waals surface area contributed by atoms with E-state index >= 15 is 0 Å². The van der Waals surface area contributed by atoms with E-state index in [0.717, 1.165) is 22.3 Å². The summed E-state index contributed by atoms with van der Waals surface area (Å²) in [5.41, 5.74) is 4.77. The Labute approximate surface area is 178 Å². The van der Waals surface area contributed by atoms with Crippen LogP contribution in [0.15, 0.2) is 54.0 Å². The molecule has 0 radical (unpaired) electrons. The van der Waals surface area contributed by atoms with Crippen LogP contribution < -0.4 is 5.32 Å². The van der Waals surface area contributed by atoms with E-state index in [2.05, 4.69) is 10.3 Å². The van der Waals surface area contributed by atoms with Crippen molar-refractivity contribution in [3.05, 3.63) is 76.6 Å². The van der Waals surface area contributed by atoms with Crippen molar-refractivity contribution in [2.24, 2.45) is 0 Å². The molecule has 0 fully saturated rings. The molecule has 0 atom stereocenters. The Bertz CT molecular complexity index is 1240. The van der Waals surface area contributed by atoms with E-state index in [0.29, 0.717) is 22.0 Å². The van der Waals surface area contributed by atoms with Crippen LogP contribution in [0.2, 0.25) is 0 Å². The molecule has 0 saturated heterocycles. The number of esters is 1. The molecule has 1 N–H and O–H groups in total. The fourth-order valence-electron chi connectivity index (χ4n) is 3.44. The summed E-state index contributed by atoms with van der Waals surface area (Å²) in [6.07, 6.45) is 1.81. The van der Waals surface area contributed by atoms with Crippen molar-refractivity contribution in [2.45, 2.75) is 20.8 Å². The molecule has 4 aromatic rings. The number of anilines is 1. The number of carbonyl (C=O) groups is 2. The van der Waals surface area contributed by atoms with E-state index in [4.69, 9.17) is 4.74 Å². The van der Waals surface area contributed by atoms with Gasteiger partial charge < -0.3 is 10.1 Å². The Morgan fingerprint density at radius 1 is 1.13 bits per heavy atom. The fraction of sp³-hybridized carbons (Fsp3) is 0.174. The van der Waals surface area contributed by atoms with Crippen LogP contribution in [-0.4, -0.2) is 27.9 Å². The minimum absolute atomic E-state index is 0.252. The SMILES string of the molecule is CCOC(=O)c1c(-c2ccccc2)csc1NC(=O)c1c(C)nc2c(C)cccn12. The maximum absolute atomic E-state index is 13.2. The van der Waals surface area contributed by atoms with Crippen LogP contribution in [0, 0.1) is 13.8 Å². The molecular weight excluding hydrogens is 398 g/mol. The van der Waals surface area contributed by atoms with Gasteiger partial charge in [-0.15, -0.1) is 11.3 Å². The largest absolute Gasteiger partial charge is 0.462 e. The zero-order chi connectivity index (χ0) is 21.3. The van der Waals surface area contributed by atoms with Crippen LogP contribution in [0.3, 0.4) is 0 Å². The second-order valence-corrected chi connectivity index (χ2v) is 7.70. The predicted molar refractivity (Wildman–Crippen MR) is 118 cm³/mol. The molecule has 7 heteroatoms. The smallest absolute Gasteiger partial charge is 0.341 e. The van der Waals surface area contributed by atoms with Gasteiger partial charge in [-0.1, -0.05) is 36.4 Å². The van der Waals surface area contributed by atoms with Crippen LogP contribution in [0.25, 0.3) is 16.8 Å². The number of hydrogen-bond donors (Lipinski definition) is 1. The van der Waals surface area contributed by atoms with Gasteiger partial charge in [-0.05, 0) is 38.0 Å². The second kappa shape index (κ2) is 8.12. The van der Waals surface area contributed by atoms with Crippen molar-refractivity contribution in [1.82, 2.24) is 9.38 Å². The molecule has 0 saturated carbocycles. The number of pyridine rings is 1. The predicted octanol–water partition coefficient (Wildman–Crippen LogP) is 5.11. The van der Waals surface area contributed by atoms with Crippen molar-refractivity contribution in [3.8, 4) is 11.1 Å². The minimum atomic E-state index is -0.460. The van der Waals surface area contributed by atoms with Crippen molar-refractivity contribution < 1.29 is 14.3 Å². The Morgan fingerprint density at radius 3 is 2.63 bits per heavy atom. The molecule has 3 aromatic heterocycles. The van der Waals surface area contributed by atoms with E-state index in [9.17, 15) is 9.59 Å². The summed E-state index contributed by atoms with van der Waals surface area (Å²) in [6, 6.07) is 13.4. The summed E-state index contributed by atoms with van der Waals surface area (Å²) in [7, 11) is 0. The van der Waals surface area contributed by atoms with Gasteiger partial charge in [-0.3, -0.25) is 9.20 Å². The van der Waals surface area contributed by atoms with Gasteiger partial charge in [0.25, 0.3) is 5.91 Å². The molecule has 0 aliphatic rings. The van der Waals surface area contributed by atoms with Crippen LogP contribution >= 0.6 is 11.3 Å². The van der Waals surface area contributed by atoms with Crippen molar-refractivity contribution in [2.75, 3.05) is 11.9 Å². The minimum Gasteiger partial charge on any atom is -0.462 e. The van der Waals surface area contributed by atoms with E-state index in [1.807, 2.05) is 61.0 Å². The number of carbonyl (C=O) groups excluding carboxylic acids is 2. The highest BCUT2D eigenvalue weighted by molar-refractivity contribution is 7.15. The number of fused-ring (bicyclic) bond motifs is 1. The lowest BCUT2D eigenvalue weighted by molar-refractivity contribution is 0.0529. The highest BCUT2D eigenvalue weighted by atomic mass is 32.1. The molecule has 4 rings (SSSR count). The number of imidazole rings is 1. The Balaban J connectivity index is 1.76. The van der Waals surface area contributed by atoms with Crippen LogP contribution in [-0.2, 0) is 4.74 Å². The van der Waals surface area contributed by atoms with Gasteiger partial charge >= 0.3 is 5.97 Å². The lowest BCUT2D eigenvalue weighted by Gasteiger charge is -2.09. The molecule has 1 amide bonds. The third-order valence-electron chi connectivity index (χ3n) is 4.82. The van der Waals surface area contributed by atoms with Gasteiger partial charge in [0.15, 0.2) is 0 Å². The van der Waals surface area contributed by atoms with Gasteiger partial charge in [-0.2, -0.15) is 0 Å². The number of rotatable bonds is 5. The Hall–Kier alpha value is -3.45. The zero-order valence-corrected chi connectivity index (χ0v) is 17.7. The molecule has 0 bridgehead atoms. The highest BCUT2D eigenvalue weighted by Gasteiger charge is 2.25. The van der Waals surface area contributed by atoms with Crippen LogP contribution in [0.1, 0.15) is 39.0 Å². The van der Waals surface area contributed by atoms with E-state index in [1.165, 1.54) is 11.3 Å². The van der Waals surface area contributed by atoms with Gasteiger partial charge in [0, 0.05) is 17.1 Å². The van der Waals surface area contributed by atoms with Crippen LogP contribution in [0.5, 0.6) is 0 Å². The standard InChI is InChI=1S/C23H21N3O3S/c1-4-29-23(28)18-17(16-10-6-5-7-11-16)13-30-22(18)25-21(27)19-15(3)24-20-14(2)9-8-12-26(19)20/h5-13H,4H2,1-3H3,(H,25,27). The number of benzene rings is 1.